The number of rotatable bonds is 3. The average Bonchev–Trinajstić information content (AvgIpc) is 2.46. The van der Waals surface area contributed by atoms with E-state index in [-0.39, 0.29) is 5.91 Å². The molecule has 1 saturated heterocycles. The molecule has 0 atom stereocenters. The molecule has 4 heteroatoms. The largest absolute Gasteiger partial charge is 0.373 e. The highest BCUT2D eigenvalue weighted by Crippen LogP contribution is 2.25. The summed E-state index contributed by atoms with van der Waals surface area (Å²) in [5, 5.41) is 2.95. The second kappa shape index (κ2) is 6.04. The molecule has 19 heavy (non-hydrogen) atoms. The molecule has 1 amide bonds. The molecule has 0 radical (unpaired) electrons. The van der Waals surface area contributed by atoms with Crippen molar-refractivity contribution in [2.45, 2.75) is 26.7 Å². The van der Waals surface area contributed by atoms with E-state index in [1.807, 2.05) is 24.1 Å². The van der Waals surface area contributed by atoms with Crippen LogP contribution >= 0.6 is 0 Å². The molecule has 1 N–H and O–H groups in total. The predicted molar refractivity (Wildman–Crippen MR) is 77.2 cm³/mol. The summed E-state index contributed by atoms with van der Waals surface area (Å²) >= 11 is 0. The van der Waals surface area contributed by atoms with Crippen molar-refractivity contribution in [3.8, 4) is 0 Å². The Morgan fingerprint density at radius 1 is 1.37 bits per heavy atom. The third kappa shape index (κ3) is 3.25. The zero-order valence-corrected chi connectivity index (χ0v) is 12.0. The van der Waals surface area contributed by atoms with E-state index in [1.165, 1.54) is 0 Å². The Morgan fingerprint density at radius 3 is 2.53 bits per heavy atom. The van der Waals surface area contributed by atoms with Crippen molar-refractivity contribution >= 4 is 11.7 Å². The normalized spacial score (nSPS) is 16.7. The van der Waals surface area contributed by atoms with Gasteiger partial charge in [0.15, 0.2) is 0 Å². The summed E-state index contributed by atoms with van der Waals surface area (Å²) in [7, 11) is 1.82. The van der Waals surface area contributed by atoms with Gasteiger partial charge in [0.25, 0.3) is 5.91 Å². The second-order valence-corrected chi connectivity index (χ2v) is 5.56. The van der Waals surface area contributed by atoms with Crippen LogP contribution in [0.3, 0.4) is 0 Å². The quantitative estimate of drug-likeness (QED) is 0.909. The Morgan fingerprint density at radius 2 is 2.05 bits per heavy atom. The van der Waals surface area contributed by atoms with Crippen molar-refractivity contribution < 1.29 is 4.79 Å². The van der Waals surface area contributed by atoms with Crippen LogP contribution in [0.2, 0.25) is 0 Å². The standard InChI is InChI=1S/C15H23N3O/c1-11(2)12-6-8-18(9-7-12)15(19)13-4-5-14(16-3)17-10-13/h4-5,10-12H,6-9H2,1-3H3,(H,16,17). The highest BCUT2D eigenvalue weighted by Gasteiger charge is 2.25. The lowest BCUT2D eigenvalue weighted by molar-refractivity contribution is 0.0667. The van der Waals surface area contributed by atoms with Gasteiger partial charge >= 0.3 is 0 Å². The fourth-order valence-electron chi connectivity index (χ4n) is 2.62. The Balaban J connectivity index is 1.97. The molecule has 1 aliphatic heterocycles. The Hall–Kier alpha value is -1.58. The Labute approximate surface area is 115 Å². The van der Waals surface area contributed by atoms with Crippen LogP contribution in [-0.4, -0.2) is 35.9 Å². The van der Waals surface area contributed by atoms with Gasteiger partial charge in [-0.3, -0.25) is 4.79 Å². The number of nitrogens with zero attached hydrogens (tertiary/aromatic N) is 2. The summed E-state index contributed by atoms with van der Waals surface area (Å²) in [6.45, 7) is 6.27. The number of likely N-dealkylation sites (tertiary alicyclic amines) is 1. The van der Waals surface area contributed by atoms with Gasteiger partial charge in [-0.15, -0.1) is 0 Å². The zero-order valence-electron chi connectivity index (χ0n) is 12.0. The molecular weight excluding hydrogens is 238 g/mol. The number of hydrogen-bond donors (Lipinski definition) is 1. The lowest BCUT2D eigenvalue weighted by Gasteiger charge is -2.33. The minimum atomic E-state index is 0.109. The van der Waals surface area contributed by atoms with Crippen molar-refractivity contribution in [2.24, 2.45) is 11.8 Å². The predicted octanol–water partition coefficient (Wildman–Crippen LogP) is 2.63. The van der Waals surface area contributed by atoms with Gasteiger partial charge in [0.1, 0.15) is 5.82 Å². The summed E-state index contributed by atoms with van der Waals surface area (Å²) in [5.41, 5.74) is 0.682. The molecule has 1 aliphatic rings. The topological polar surface area (TPSA) is 45.2 Å². The van der Waals surface area contributed by atoms with Crippen LogP contribution in [0.15, 0.2) is 18.3 Å². The maximum atomic E-state index is 12.3. The average molecular weight is 261 g/mol. The van der Waals surface area contributed by atoms with Gasteiger partial charge in [-0.05, 0) is 36.8 Å². The van der Waals surface area contributed by atoms with E-state index in [9.17, 15) is 4.79 Å². The summed E-state index contributed by atoms with van der Waals surface area (Å²) in [4.78, 5) is 18.5. The number of carbonyl (C=O) groups excluding carboxylic acids is 1. The molecule has 0 aliphatic carbocycles. The zero-order chi connectivity index (χ0) is 13.8. The first-order valence-electron chi connectivity index (χ1n) is 7.05. The minimum Gasteiger partial charge on any atom is -0.373 e. The molecule has 4 nitrogen and oxygen atoms in total. The number of nitrogens with one attached hydrogen (secondary N) is 1. The van der Waals surface area contributed by atoms with Gasteiger partial charge in [0.2, 0.25) is 0 Å². The number of hydrogen-bond acceptors (Lipinski definition) is 3. The van der Waals surface area contributed by atoms with Crippen LogP contribution in [0, 0.1) is 11.8 Å². The highest BCUT2D eigenvalue weighted by atomic mass is 16.2. The smallest absolute Gasteiger partial charge is 0.255 e. The minimum absolute atomic E-state index is 0.109. The van der Waals surface area contributed by atoms with Gasteiger partial charge in [0.05, 0.1) is 5.56 Å². The third-order valence-corrected chi connectivity index (χ3v) is 4.04. The molecule has 0 saturated carbocycles. The molecule has 1 aromatic rings. The van der Waals surface area contributed by atoms with Gasteiger partial charge in [-0.25, -0.2) is 4.98 Å². The van der Waals surface area contributed by atoms with Gasteiger partial charge in [0, 0.05) is 26.3 Å². The van der Waals surface area contributed by atoms with Crippen LogP contribution < -0.4 is 5.32 Å². The summed E-state index contributed by atoms with van der Waals surface area (Å²) in [6.07, 6.45) is 3.89. The monoisotopic (exact) mass is 261 g/mol. The highest BCUT2D eigenvalue weighted by molar-refractivity contribution is 5.94. The molecule has 1 aromatic heterocycles. The summed E-state index contributed by atoms with van der Waals surface area (Å²) in [6, 6.07) is 3.68. The van der Waals surface area contributed by atoms with E-state index in [0.29, 0.717) is 11.5 Å². The van der Waals surface area contributed by atoms with E-state index in [1.54, 1.807) is 6.20 Å². The van der Waals surface area contributed by atoms with Crippen molar-refractivity contribution in [2.75, 3.05) is 25.5 Å². The fraction of sp³-hybridized carbons (Fsp3) is 0.600. The maximum absolute atomic E-state index is 12.3. The summed E-state index contributed by atoms with van der Waals surface area (Å²) in [5.74, 6) is 2.37. The molecule has 0 aromatic carbocycles. The number of amides is 1. The lowest BCUT2D eigenvalue weighted by Crippen LogP contribution is -2.39. The van der Waals surface area contributed by atoms with Crippen molar-refractivity contribution in [1.82, 2.24) is 9.88 Å². The first kappa shape index (κ1) is 13.8. The molecule has 0 bridgehead atoms. The van der Waals surface area contributed by atoms with E-state index in [2.05, 4.69) is 24.1 Å². The lowest BCUT2D eigenvalue weighted by atomic mass is 9.86. The van der Waals surface area contributed by atoms with Crippen molar-refractivity contribution in [1.29, 1.82) is 0 Å². The van der Waals surface area contributed by atoms with Gasteiger partial charge in [-0.2, -0.15) is 0 Å². The number of anilines is 1. The number of pyridine rings is 1. The van der Waals surface area contributed by atoms with Crippen LogP contribution in [-0.2, 0) is 0 Å². The number of piperidine rings is 1. The fourth-order valence-corrected chi connectivity index (χ4v) is 2.62. The van der Waals surface area contributed by atoms with Crippen LogP contribution in [0.4, 0.5) is 5.82 Å². The van der Waals surface area contributed by atoms with Crippen molar-refractivity contribution in [3.05, 3.63) is 23.9 Å². The molecule has 1 fully saturated rings. The van der Waals surface area contributed by atoms with Crippen LogP contribution in [0.25, 0.3) is 0 Å². The Kier molecular flexibility index (Phi) is 4.40. The van der Waals surface area contributed by atoms with Crippen LogP contribution in [0.1, 0.15) is 37.0 Å². The van der Waals surface area contributed by atoms with Gasteiger partial charge < -0.3 is 10.2 Å². The summed E-state index contributed by atoms with van der Waals surface area (Å²) < 4.78 is 0. The van der Waals surface area contributed by atoms with E-state index >= 15 is 0 Å². The first-order valence-corrected chi connectivity index (χ1v) is 7.05. The van der Waals surface area contributed by atoms with Crippen LogP contribution in [0.5, 0.6) is 0 Å². The molecule has 0 unspecified atom stereocenters. The maximum Gasteiger partial charge on any atom is 0.255 e. The molecule has 2 rings (SSSR count). The van der Waals surface area contributed by atoms with Crippen molar-refractivity contribution in [3.63, 3.8) is 0 Å². The molecule has 0 spiro atoms. The number of carbonyl (C=O) groups is 1. The molecular formula is C15H23N3O. The van der Waals surface area contributed by atoms with E-state index in [4.69, 9.17) is 0 Å². The SMILES string of the molecule is CNc1ccc(C(=O)N2CCC(C(C)C)CC2)cn1. The number of aromatic nitrogens is 1. The first-order chi connectivity index (χ1) is 9.11. The van der Waals surface area contributed by atoms with E-state index < -0.39 is 0 Å². The van der Waals surface area contributed by atoms with Gasteiger partial charge in [-0.1, -0.05) is 13.8 Å². The second-order valence-electron chi connectivity index (χ2n) is 5.56. The Bertz CT molecular complexity index is 420. The molecule has 2 heterocycles. The molecule has 104 valence electrons. The van der Waals surface area contributed by atoms with E-state index in [0.717, 1.165) is 37.7 Å². The third-order valence-electron chi connectivity index (χ3n) is 4.04.